The molecule has 1 aliphatic rings. The van der Waals surface area contributed by atoms with Crippen LogP contribution in [-0.2, 0) is 13.1 Å². The Morgan fingerprint density at radius 3 is 2.48 bits per heavy atom. The van der Waals surface area contributed by atoms with Crippen LogP contribution in [0.2, 0.25) is 5.02 Å². The van der Waals surface area contributed by atoms with Gasteiger partial charge in [-0.1, -0.05) is 37.6 Å². The lowest BCUT2D eigenvalue weighted by atomic mass is 10.0. The van der Waals surface area contributed by atoms with Gasteiger partial charge < -0.3 is 9.32 Å². The SMILES string of the molecule is CC(C)[C@@H](C)N(Cc1ccc(Cl)cc1)Cc1nc(C(=O)N2CCCC2)co1. The standard InChI is InChI=1S/C21H28ClN3O2/c1-15(2)16(3)25(12-17-6-8-18(22)9-7-17)13-20-23-19(14-27-20)21(26)24-10-4-5-11-24/h6-9,14-16H,4-5,10-13H2,1-3H3/t16-/m1/s1. The van der Waals surface area contributed by atoms with Gasteiger partial charge in [0.05, 0.1) is 6.54 Å². The molecule has 6 heteroatoms. The van der Waals surface area contributed by atoms with Crippen molar-refractivity contribution in [1.29, 1.82) is 0 Å². The number of halogens is 1. The zero-order valence-corrected chi connectivity index (χ0v) is 17.1. The Labute approximate surface area is 166 Å². The fraction of sp³-hybridized carbons (Fsp3) is 0.524. The average molecular weight is 390 g/mol. The van der Waals surface area contributed by atoms with Crippen molar-refractivity contribution < 1.29 is 9.21 Å². The van der Waals surface area contributed by atoms with Gasteiger partial charge in [0, 0.05) is 30.7 Å². The van der Waals surface area contributed by atoms with E-state index in [0.717, 1.165) is 37.5 Å². The summed E-state index contributed by atoms with van der Waals surface area (Å²) in [5.74, 6) is 1.04. The molecule has 0 saturated carbocycles. The van der Waals surface area contributed by atoms with Crippen molar-refractivity contribution >= 4 is 17.5 Å². The van der Waals surface area contributed by atoms with Gasteiger partial charge in [-0.15, -0.1) is 0 Å². The fourth-order valence-corrected chi connectivity index (χ4v) is 3.45. The molecule has 2 heterocycles. The number of carbonyl (C=O) groups excluding carboxylic acids is 1. The summed E-state index contributed by atoms with van der Waals surface area (Å²) in [7, 11) is 0. The molecule has 0 N–H and O–H groups in total. The van der Waals surface area contributed by atoms with Crippen molar-refractivity contribution in [1.82, 2.24) is 14.8 Å². The number of benzene rings is 1. The van der Waals surface area contributed by atoms with Crippen LogP contribution in [0.15, 0.2) is 34.9 Å². The molecule has 5 nitrogen and oxygen atoms in total. The van der Waals surface area contributed by atoms with E-state index in [1.165, 1.54) is 11.8 Å². The summed E-state index contributed by atoms with van der Waals surface area (Å²) in [6.45, 7) is 9.58. The number of amides is 1. The molecule has 1 aromatic carbocycles. The van der Waals surface area contributed by atoms with E-state index in [4.69, 9.17) is 16.0 Å². The van der Waals surface area contributed by atoms with Gasteiger partial charge in [-0.2, -0.15) is 0 Å². The maximum Gasteiger partial charge on any atom is 0.275 e. The summed E-state index contributed by atoms with van der Waals surface area (Å²) in [5.41, 5.74) is 1.60. The molecule has 1 amide bonds. The van der Waals surface area contributed by atoms with Gasteiger partial charge >= 0.3 is 0 Å². The van der Waals surface area contributed by atoms with Crippen LogP contribution in [0.5, 0.6) is 0 Å². The molecule has 0 aliphatic carbocycles. The van der Waals surface area contributed by atoms with E-state index < -0.39 is 0 Å². The molecule has 0 spiro atoms. The maximum atomic E-state index is 12.5. The zero-order chi connectivity index (χ0) is 19.4. The lowest BCUT2D eigenvalue weighted by Gasteiger charge is -2.30. The van der Waals surface area contributed by atoms with E-state index in [-0.39, 0.29) is 5.91 Å². The predicted molar refractivity (Wildman–Crippen MR) is 107 cm³/mol. The van der Waals surface area contributed by atoms with Crippen LogP contribution >= 0.6 is 11.6 Å². The molecule has 1 atom stereocenters. The first-order valence-corrected chi connectivity index (χ1v) is 10.0. The highest BCUT2D eigenvalue weighted by molar-refractivity contribution is 6.30. The summed E-state index contributed by atoms with van der Waals surface area (Å²) in [6.07, 6.45) is 3.63. The second-order valence-electron chi connectivity index (χ2n) is 7.64. The van der Waals surface area contributed by atoms with E-state index in [1.807, 2.05) is 29.2 Å². The summed E-state index contributed by atoms with van der Waals surface area (Å²) in [6, 6.07) is 8.24. The molecule has 2 aromatic rings. The van der Waals surface area contributed by atoms with Gasteiger partial charge in [0.1, 0.15) is 6.26 Å². The number of aromatic nitrogens is 1. The van der Waals surface area contributed by atoms with Crippen LogP contribution in [-0.4, -0.2) is 39.8 Å². The van der Waals surface area contributed by atoms with Crippen LogP contribution in [0.25, 0.3) is 0 Å². The Bertz CT molecular complexity index is 751. The molecular formula is C21H28ClN3O2. The highest BCUT2D eigenvalue weighted by Crippen LogP contribution is 2.20. The molecule has 1 fully saturated rings. The number of carbonyl (C=O) groups is 1. The first-order valence-electron chi connectivity index (χ1n) is 9.66. The molecule has 0 bridgehead atoms. The van der Waals surface area contributed by atoms with Gasteiger partial charge in [0.2, 0.25) is 5.89 Å². The van der Waals surface area contributed by atoms with E-state index in [1.54, 1.807) is 0 Å². The number of hydrogen-bond acceptors (Lipinski definition) is 4. The average Bonchev–Trinajstić information content (AvgIpc) is 3.33. The molecule has 146 valence electrons. The van der Waals surface area contributed by atoms with Gasteiger partial charge in [-0.05, 0) is 43.4 Å². The molecule has 1 saturated heterocycles. The molecule has 3 rings (SSSR count). The highest BCUT2D eigenvalue weighted by atomic mass is 35.5. The highest BCUT2D eigenvalue weighted by Gasteiger charge is 2.24. The van der Waals surface area contributed by atoms with E-state index >= 15 is 0 Å². The molecular weight excluding hydrogens is 362 g/mol. The normalized spacial score (nSPS) is 15.7. The second-order valence-corrected chi connectivity index (χ2v) is 8.08. The Balaban J connectivity index is 1.71. The van der Waals surface area contributed by atoms with Crippen molar-refractivity contribution in [2.75, 3.05) is 13.1 Å². The molecule has 27 heavy (non-hydrogen) atoms. The quantitative estimate of drug-likeness (QED) is 0.693. The minimum atomic E-state index is -0.0244. The van der Waals surface area contributed by atoms with Crippen molar-refractivity contribution in [2.24, 2.45) is 5.92 Å². The van der Waals surface area contributed by atoms with Gasteiger partial charge in [-0.3, -0.25) is 9.69 Å². The van der Waals surface area contributed by atoms with Crippen molar-refractivity contribution in [3.63, 3.8) is 0 Å². The maximum absolute atomic E-state index is 12.5. The summed E-state index contributed by atoms with van der Waals surface area (Å²) >= 11 is 6.00. The van der Waals surface area contributed by atoms with E-state index in [9.17, 15) is 4.79 Å². The van der Waals surface area contributed by atoms with Crippen molar-refractivity contribution in [3.8, 4) is 0 Å². The van der Waals surface area contributed by atoms with Crippen LogP contribution in [0.1, 0.15) is 55.6 Å². The Morgan fingerprint density at radius 1 is 1.19 bits per heavy atom. The Hall–Kier alpha value is -1.85. The van der Waals surface area contributed by atoms with Gasteiger partial charge in [-0.25, -0.2) is 4.98 Å². The van der Waals surface area contributed by atoms with Crippen LogP contribution in [0, 0.1) is 5.92 Å². The van der Waals surface area contributed by atoms with E-state index in [0.29, 0.717) is 30.1 Å². The number of hydrogen-bond donors (Lipinski definition) is 0. The minimum absolute atomic E-state index is 0.0244. The first kappa shape index (κ1) is 19.9. The predicted octanol–water partition coefficient (Wildman–Crippen LogP) is 4.61. The number of nitrogens with zero attached hydrogens (tertiary/aromatic N) is 3. The van der Waals surface area contributed by atoms with E-state index in [2.05, 4.69) is 30.7 Å². The summed E-state index contributed by atoms with van der Waals surface area (Å²) < 4.78 is 5.64. The topological polar surface area (TPSA) is 49.6 Å². The van der Waals surface area contributed by atoms with Crippen LogP contribution < -0.4 is 0 Å². The monoisotopic (exact) mass is 389 g/mol. The Kier molecular flexibility index (Phi) is 6.55. The van der Waals surface area contributed by atoms with Gasteiger partial charge in [0.25, 0.3) is 5.91 Å². The third-order valence-electron chi connectivity index (χ3n) is 5.34. The van der Waals surface area contributed by atoms with Crippen molar-refractivity contribution in [2.45, 2.75) is 52.7 Å². The molecule has 0 radical (unpaired) electrons. The van der Waals surface area contributed by atoms with Crippen molar-refractivity contribution in [3.05, 3.63) is 52.7 Å². The van der Waals surface area contributed by atoms with Gasteiger partial charge in [0.15, 0.2) is 5.69 Å². The summed E-state index contributed by atoms with van der Waals surface area (Å²) in [5, 5.41) is 0.736. The largest absolute Gasteiger partial charge is 0.447 e. The first-order chi connectivity index (χ1) is 12.9. The second kappa shape index (κ2) is 8.89. The lowest BCUT2D eigenvalue weighted by molar-refractivity contribution is 0.0786. The van der Waals surface area contributed by atoms with Crippen LogP contribution in [0.3, 0.4) is 0 Å². The van der Waals surface area contributed by atoms with Crippen LogP contribution in [0.4, 0.5) is 0 Å². The third-order valence-corrected chi connectivity index (χ3v) is 5.59. The zero-order valence-electron chi connectivity index (χ0n) is 16.3. The number of rotatable bonds is 7. The fourth-order valence-electron chi connectivity index (χ4n) is 3.33. The lowest BCUT2D eigenvalue weighted by Crippen LogP contribution is -2.36. The third kappa shape index (κ3) is 5.11. The number of oxazole rings is 1. The molecule has 0 unspecified atom stereocenters. The minimum Gasteiger partial charge on any atom is -0.447 e. The smallest absolute Gasteiger partial charge is 0.275 e. The summed E-state index contributed by atoms with van der Waals surface area (Å²) in [4.78, 5) is 21.1. The Morgan fingerprint density at radius 2 is 1.85 bits per heavy atom. The molecule has 1 aliphatic heterocycles. The number of likely N-dealkylation sites (tertiary alicyclic amines) is 1. The molecule has 1 aromatic heterocycles.